The number of aromatic nitrogens is 1. The van der Waals surface area contributed by atoms with Crippen LogP contribution in [0.3, 0.4) is 0 Å². The number of amidine groups is 1. The van der Waals surface area contributed by atoms with Crippen LogP contribution in [-0.2, 0) is 9.47 Å². The molecule has 4 rings (SSSR count). The second kappa shape index (κ2) is 8.93. The number of aromatic amines is 1. The monoisotopic (exact) mass is 440 g/mol. The normalized spacial score (nSPS) is 18.1. The molecule has 2 heterocycles. The number of aliphatic imine (C=N–C) groups is 1. The molecule has 1 aromatic heterocycles. The standard InChI is InChI=1S/C22H24N4O4S/c1-22(2)28-13-17(30-22)12-24-19(23)18-20(27)26-31-21(18)25-14-8-10-16(11-9-14)29-15-6-4-3-5-7-15/h3-11,17,25H,12-13H2,1-2H3,(H2,23,24)(H,26,27). The zero-order valence-electron chi connectivity index (χ0n) is 17.3. The number of para-hydroxylation sites is 1. The molecule has 31 heavy (non-hydrogen) atoms. The molecular weight excluding hydrogens is 416 g/mol. The van der Waals surface area contributed by atoms with Crippen LogP contribution in [0.25, 0.3) is 0 Å². The van der Waals surface area contributed by atoms with Gasteiger partial charge in [-0.25, -0.2) is 0 Å². The lowest BCUT2D eigenvalue weighted by Crippen LogP contribution is -2.26. The molecular formula is C22H24N4O4S. The van der Waals surface area contributed by atoms with Gasteiger partial charge in [0.15, 0.2) is 5.79 Å². The Labute approximate surface area is 183 Å². The summed E-state index contributed by atoms with van der Waals surface area (Å²) in [5, 5.41) is 3.81. The van der Waals surface area contributed by atoms with Crippen molar-refractivity contribution in [3.8, 4) is 11.5 Å². The van der Waals surface area contributed by atoms with Gasteiger partial charge in [-0.1, -0.05) is 18.2 Å². The van der Waals surface area contributed by atoms with Gasteiger partial charge in [0.25, 0.3) is 5.56 Å². The smallest absolute Gasteiger partial charge is 0.271 e. The van der Waals surface area contributed by atoms with Gasteiger partial charge in [0.05, 0.1) is 13.2 Å². The van der Waals surface area contributed by atoms with E-state index in [-0.39, 0.29) is 17.5 Å². The van der Waals surface area contributed by atoms with E-state index in [2.05, 4.69) is 14.7 Å². The number of nitrogens with one attached hydrogen (secondary N) is 2. The summed E-state index contributed by atoms with van der Waals surface area (Å²) in [6.07, 6.45) is -0.195. The summed E-state index contributed by atoms with van der Waals surface area (Å²) in [6, 6.07) is 17.0. The first-order valence-corrected chi connectivity index (χ1v) is 10.6. The highest BCUT2D eigenvalue weighted by atomic mass is 32.1. The number of benzene rings is 2. The van der Waals surface area contributed by atoms with Crippen LogP contribution < -0.4 is 21.3 Å². The summed E-state index contributed by atoms with van der Waals surface area (Å²) in [6.45, 7) is 4.45. The Morgan fingerprint density at radius 2 is 1.94 bits per heavy atom. The Hall–Kier alpha value is -3.14. The molecule has 3 aromatic rings. The fourth-order valence-electron chi connectivity index (χ4n) is 3.12. The summed E-state index contributed by atoms with van der Waals surface area (Å²) >= 11 is 1.17. The zero-order valence-corrected chi connectivity index (χ0v) is 18.1. The van der Waals surface area contributed by atoms with Crippen molar-refractivity contribution < 1.29 is 14.2 Å². The summed E-state index contributed by atoms with van der Waals surface area (Å²) in [4.78, 5) is 16.7. The highest BCUT2D eigenvalue weighted by Crippen LogP contribution is 2.27. The minimum Gasteiger partial charge on any atom is -0.457 e. The third kappa shape index (κ3) is 5.32. The van der Waals surface area contributed by atoms with Crippen molar-refractivity contribution in [2.24, 2.45) is 10.7 Å². The molecule has 9 heteroatoms. The van der Waals surface area contributed by atoms with Crippen LogP contribution in [0.4, 0.5) is 10.7 Å². The second-order valence-electron chi connectivity index (χ2n) is 7.48. The molecule has 0 radical (unpaired) electrons. The molecule has 1 aliphatic rings. The molecule has 1 saturated heterocycles. The van der Waals surface area contributed by atoms with E-state index in [0.29, 0.717) is 29.5 Å². The van der Waals surface area contributed by atoms with E-state index in [1.807, 2.05) is 68.4 Å². The Kier molecular flexibility index (Phi) is 6.08. The predicted octanol–water partition coefficient (Wildman–Crippen LogP) is 3.83. The van der Waals surface area contributed by atoms with E-state index in [0.717, 1.165) is 11.4 Å². The van der Waals surface area contributed by atoms with Gasteiger partial charge in [0, 0.05) is 5.69 Å². The Balaban J connectivity index is 1.44. The van der Waals surface area contributed by atoms with E-state index in [4.69, 9.17) is 19.9 Å². The molecule has 4 N–H and O–H groups in total. The molecule has 0 aliphatic carbocycles. The third-order valence-corrected chi connectivity index (χ3v) is 5.38. The lowest BCUT2D eigenvalue weighted by atomic mass is 10.2. The molecule has 8 nitrogen and oxygen atoms in total. The van der Waals surface area contributed by atoms with Crippen LogP contribution in [0.15, 0.2) is 64.4 Å². The largest absolute Gasteiger partial charge is 0.457 e. The van der Waals surface area contributed by atoms with Crippen LogP contribution in [0, 0.1) is 0 Å². The second-order valence-corrected chi connectivity index (χ2v) is 8.29. The van der Waals surface area contributed by atoms with Crippen LogP contribution in [0.2, 0.25) is 0 Å². The number of ether oxygens (including phenoxy) is 3. The Morgan fingerprint density at radius 1 is 1.23 bits per heavy atom. The highest BCUT2D eigenvalue weighted by molar-refractivity contribution is 7.10. The molecule has 1 atom stereocenters. The average molecular weight is 441 g/mol. The summed E-state index contributed by atoms with van der Waals surface area (Å²) in [5.41, 5.74) is 6.94. The Morgan fingerprint density at radius 3 is 2.61 bits per heavy atom. The summed E-state index contributed by atoms with van der Waals surface area (Å²) < 4.78 is 19.8. The van der Waals surface area contributed by atoms with Crippen molar-refractivity contribution in [3.63, 3.8) is 0 Å². The third-order valence-electron chi connectivity index (χ3n) is 4.58. The van der Waals surface area contributed by atoms with Gasteiger partial charge in [-0.3, -0.25) is 14.2 Å². The van der Waals surface area contributed by atoms with E-state index in [9.17, 15) is 4.79 Å². The predicted molar refractivity (Wildman–Crippen MR) is 122 cm³/mol. The highest BCUT2D eigenvalue weighted by Gasteiger charge is 2.32. The average Bonchev–Trinajstić information content (AvgIpc) is 3.29. The van der Waals surface area contributed by atoms with Crippen LogP contribution in [0.1, 0.15) is 19.4 Å². The topological polar surface area (TPSA) is 111 Å². The van der Waals surface area contributed by atoms with E-state index in [1.165, 1.54) is 11.5 Å². The molecule has 1 unspecified atom stereocenters. The number of anilines is 2. The first-order valence-electron chi connectivity index (χ1n) is 9.83. The van der Waals surface area contributed by atoms with E-state index < -0.39 is 5.79 Å². The van der Waals surface area contributed by atoms with Crippen molar-refractivity contribution in [2.75, 3.05) is 18.5 Å². The lowest BCUT2D eigenvalue weighted by Gasteiger charge is -2.16. The van der Waals surface area contributed by atoms with Gasteiger partial charge in [-0.15, -0.1) is 0 Å². The zero-order chi connectivity index (χ0) is 21.8. The SMILES string of the molecule is CC1(C)OCC(CN=C(N)c2c(Nc3ccc(Oc4ccccc4)cc3)s[nH]c2=O)O1. The van der Waals surface area contributed by atoms with Crippen molar-refractivity contribution in [1.82, 2.24) is 4.37 Å². The molecule has 0 saturated carbocycles. The van der Waals surface area contributed by atoms with Gasteiger partial charge in [0.1, 0.15) is 34.0 Å². The quantitative estimate of drug-likeness (QED) is 0.380. The van der Waals surface area contributed by atoms with Gasteiger partial charge in [-0.05, 0) is 61.8 Å². The maximum atomic E-state index is 12.3. The van der Waals surface area contributed by atoms with Crippen molar-refractivity contribution >= 4 is 28.1 Å². The van der Waals surface area contributed by atoms with Crippen LogP contribution >= 0.6 is 11.5 Å². The van der Waals surface area contributed by atoms with Gasteiger partial charge < -0.3 is 25.3 Å². The van der Waals surface area contributed by atoms with Crippen molar-refractivity contribution in [3.05, 3.63) is 70.5 Å². The molecule has 2 aromatic carbocycles. The number of nitrogens with two attached hydrogens (primary N) is 1. The maximum Gasteiger partial charge on any atom is 0.271 e. The fraction of sp³-hybridized carbons (Fsp3) is 0.273. The van der Waals surface area contributed by atoms with Gasteiger partial charge in [0.2, 0.25) is 0 Å². The number of nitrogens with zero attached hydrogens (tertiary/aromatic N) is 1. The number of H-pyrrole nitrogens is 1. The molecule has 1 fully saturated rings. The van der Waals surface area contributed by atoms with Crippen molar-refractivity contribution in [1.29, 1.82) is 0 Å². The number of hydrogen-bond donors (Lipinski definition) is 3. The molecule has 162 valence electrons. The van der Waals surface area contributed by atoms with Crippen molar-refractivity contribution in [2.45, 2.75) is 25.7 Å². The van der Waals surface area contributed by atoms with E-state index >= 15 is 0 Å². The first kappa shape index (κ1) is 21.1. The first-order chi connectivity index (χ1) is 14.9. The molecule has 1 aliphatic heterocycles. The summed E-state index contributed by atoms with van der Waals surface area (Å²) in [5.74, 6) is 1.00. The molecule has 0 amide bonds. The maximum absolute atomic E-state index is 12.3. The fourth-order valence-corrected chi connectivity index (χ4v) is 3.88. The minimum absolute atomic E-state index is 0.155. The summed E-state index contributed by atoms with van der Waals surface area (Å²) in [7, 11) is 0. The van der Waals surface area contributed by atoms with Gasteiger partial charge in [-0.2, -0.15) is 0 Å². The van der Waals surface area contributed by atoms with Gasteiger partial charge >= 0.3 is 0 Å². The molecule has 0 spiro atoms. The minimum atomic E-state index is -0.627. The lowest BCUT2D eigenvalue weighted by molar-refractivity contribution is -0.137. The number of rotatable bonds is 7. The van der Waals surface area contributed by atoms with E-state index in [1.54, 1.807) is 0 Å². The number of hydrogen-bond acceptors (Lipinski definition) is 7. The van der Waals surface area contributed by atoms with Crippen LogP contribution in [0.5, 0.6) is 11.5 Å². The van der Waals surface area contributed by atoms with Crippen LogP contribution in [-0.4, -0.2) is 35.3 Å². The Bertz CT molecular complexity index is 1110. The molecule has 0 bridgehead atoms.